The van der Waals surface area contributed by atoms with Crippen molar-refractivity contribution in [2.24, 2.45) is 5.92 Å². The SMILES string of the molecule is Cc1ccc2c(c1)nc(N)n2CC1CCC1. The van der Waals surface area contributed by atoms with Gasteiger partial charge >= 0.3 is 0 Å². The first-order valence-electron chi connectivity index (χ1n) is 5.96. The second-order valence-corrected chi connectivity index (χ2v) is 4.87. The number of nitrogen functional groups attached to an aromatic ring is 1. The van der Waals surface area contributed by atoms with E-state index in [1.54, 1.807) is 0 Å². The predicted octanol–water partition coefficient (Wildman–Crippen LogP) is 2.73. The molecule has 1 aromatic heterocycles. The molecule has 1 saturated carbocycles. The number of aryl methyl sites for hydroxylation is 1. The van der Waals surface area contributed by atoms with Gasteiger partial charge < -0.3 is 10.3 Å². The van der Waals surface area contributed by atoms with Gasteiger partial charge in [-0.25, -0.2) is 4.98 Å². The van der Waals surface area contributed by atoms with Gasteiger partial charge in [-0.3, -0.25) is 0 Å². The number of benzene rings is 1. The number of imidazole rings is 1. The van der Waals surface area contributed by atoms with Crippen LogP contribution in [0.5, 0.6) is 0 Å². The smallest absolute Gasteiger partial charge is 0.201 e. The van der Waals surface area contributed by atoms with Crippen LogP contribution in [0.4, 0.5) is 5.95 Å². The molecule has 1 aliphatic rings. The minimum Gasteiger partial charge on any atom is -0.369 e. The van der Waals surface area contributed by atoms with E-state index in [0.717, 1.165) is 18.0 Å². The van der Waals surface area contributed by atoms with E-state index in [2.05, 4.69) is 34.7 Å². The molecule has 16 heavy (non-hydrogen) atoms. The first kappa shape index (κ1) is 9.70. The van der Waals surface area contributed by atoms with Crippen molar-refractivity contribution in [1.82, 2.24) is 9.55 Å². The summed E-state index contributed by atoms with van der Waals surface area (Å²) in [7, 11) is 0. The third kappa shape index (κ3) is 1.47. The van der Waals surface area contributed by atoms with Gasteiger partial charge in [0.25, 0.3) is 0 Å². The molecule has 0 radical (unpaired) electrons. The second kappa shape index (κ2) is 3.51. The summed E-state index contributed by atoms with van der Waals surface area (Å²) in [4.78, 5) is 4.43. The van der Waals surface area contributed by atoms with Crippen molar-refractivity contribution in [3.63, 3.8) is 0 Å². The summed E-state index contributed by atoms with van der Waals surface area (Å²) in [6.45, 7) is 3.12. The predicted molar refractivity (Wildman–Crippen MR) is 66.2 cm³/mol. The first-order valence-corrected chi connectivity index (χ1v) is 5.96. The van der Waals surface area contributed by atoms with E-state index in [0.29, 0.717) is 5.95 Å². The van der Waals surface area contributed by atoms with Gasteiger partial charge in [0.2, 0.25) is 5.95 Å². The van der Waals surface area contributed by atoms with Gasteiger partial charge in [0.15, 0.2) is 0 Å². The first-order chi connectivity index (χ1) is 7.74. The molecule has 1 heterocycles. The highest BCUT2D eigenvalue weighted by atomic mass is 15.2. The van der Waals surface area contributed by atoms with E-state index >= 15 is 0 Å². The lowest BCUT2D eigenvalue weighted by Crippen LogP contribution is -2.19. The largest absolute Gasteiger partial charge is 0.369 e. The van der Waals surface area contributed by atoms with Crippen molar-refractivity contribution < 1.29 is 0 Å². The van der Waals surface area contributed by atoms with Crippen LogP contribution in [0.2, 0.25) is 0 Å². The molecule has 0 saturated heterocycles. The van der Waals surface area contributed by atoms with Gasteiger partial charge in [-0.05, 0) is 43.4 Å². The molecule has 84 valence electrons. The van der Waals surface area contributed by atoms with Crippen LogP contribution in [0, 0.1) is 12.8 Å². The van der Waals surface area contributed by atoms with E-state index in [1.165, 1.54) is 30.3 Å². The molecule has 0 bridgehead atoms. The van der Waals surface area contributed by atoms with Gasteiger partial charge in [0.1, 0.15) is 0 Å². The molecule has 0 unspecified atom stereocenters. The number of nitrogens with zero attached hydrogens (tertiary/aromatic N) is 2. The van der Waals surface area contributed by atoms with Gasteiger partial charge in [-0.2, -0.15) is 0 Å². The van der Waals surface area contributed by atoms with Crippen LogP contribution in [0.1, 0.15) is 24.8 Å². The van der Waals surface area contributed by atoms with Crippen LogP contribution in [-0.4, -0.2) is 9.55 Å². The van der Waals surface area contributed by atoms with Crippen LogP contribution in [-0.2, 0) is 6.54 Å². The highest BCUT2D eigenvalue weighted by Gasteiger charge is 2.20. The summed E-state index contributed by atoms with van der Waals surface area (Å²) < 4.78 is 2.17. The highest BCUT2D eigenvalue weighted by Crippen LogP contribution is 2.30. The van der Waals surface area contributed by atoms with Crippen LogP contribution < -0.4 is 5.73 Å². The van der Waals surface area contributed by atoms with Crippen LogP contribution >= 0.6 is 0 Å². The fourth-order valence-corrected chi connectivity index (χ4v) is 2.38. The summed E-state index contributed by atoms with van der Waals surface area (Å²) in [5.74, 6) is 1.47. The molecule has 1 aromatic carbocycles. The summed E-state index contributed by atoms with van der Waals surface area (Å²) in [5.41, 5.74) is 9.42. The molecule has 0 atom stereocenters. The fourth-order valence-electron chi connectivity index (χ4n) is 2.38. The lowest BCUT2D eigenvalue weighted by Gasteiger charge is -2.26. The second-order valence-electron chi connectivity index (χ2n) is 4.87. The van der Waals surface area contributed by atoms with Crippen LogP contribution in [0.25, 0.3) is 11.0 Å². The quantitative estimate of drug-likeness (QED) is 0.837. The monoisotopic (exact) mass is 215 g/mol. The third-order valence-electron chi connectivity index (χ3n) is 3.60. The highest BCUT2D eigenvalue weighted by molar-refractivity contribution is 5.79. The van der Waals surface area contributed by atoms with E-state index in [9.17, 15) is 0 Å². The molecule has 3 heteroatoms. The standard InChI is InChI=1S/C13H17N3/c1-9-5-6-12-11(7-9)15-13(14)16(12)8-10-3-2-4-10/h5-7,10H,2-4,8H2,1H3,(H2,14,15). The van der Waals surface area contributed by atoms with Crippen molar-refractivity contribution >= 4 is 17.0 Å². The molecule has 0 aliphatic heterocycles. The Morgan fingerprint density at radius 3 is 2.94 bits per heavy atom. The van der Waals surface area contributed by atoms with Crippen molar-refractivity contribution in [3.05, 3.63) is 23.8 Å². The molecular weight excluding hydrogens is 198 g/mol. The number of rotatable bonds is 2. The topological polar surface area (TPSA) is 43.8 Å². The Morgan fingerprint density at radius 1 is 1.44 bits per heavy atom. The molecule has 2 aromatic rings. The number of fused-ring (bicyclic) bond motifs is 1. The molecule has 3 rings (SSSR count). The number of nitrogens with two attached hydrogens (primary N) is 1. The lowest BCUT2D eigenvalue weighted by atomic mass is 9.85. The Bertz CT molecular complexity index is 523. The minimum absolute atomic E-state index is 0.660. The average molecular weight is 215 g/mol. The maximum Gasteiger partial charge on any atom is 0.201 e. The van der Waals surface area contributed by atoms with Crippen molar-refractivity contribution in [2.75, 3.05) is 5.73 Å². The maximum absolute atomic E-state index is 5.98. The normalized spacial score (nSPS) is 16.6. The van der Waals surface area contributed by atoms with E-state index in [-0.39, 0.29) is 0 Å². The number of aromatic nitrogens is 2. The maximum atomic E-state index is 5.98. The van der Waals surface area contributed by atoms with E-state index in [1.807, 2.05) is 0 Å². The summed E-state index contributed by atoms with van der Waals surface area (Å²) in [6, 6.07) is 6.36. The Labute approximate surface area is 95.3 Å². The Hall–Kier alpha value is -1.51. The minimum atomic E-state index is 0.660. The molecule has 1 fully saturated rings. The molecule has 2 N–H and O–H groups in total. The molecule has 3 nitrogen and oxygen atoms in total. The zero-order valence-corrected chi connectivity index (χ0v) is 9.61. The van der Waals surface area contributed by atoms with Gasteiger partial charge in [0, 0.05) is 6.54 Å². The van der Waals surface area contributed by atoms with Gasteiger partial charge in [-0.1, -0.05) is 12.5 Å². The fraction of sp³-hybridized carbons (Fsp3) is 0.462. The van der Waals surface area contributed by atoms with E-state index < -0.39 is 0 Å². The van der Waals surface area contributed by atoms with Crippen molar-refractivity contribution in [3.8, 4) is 0 Å². The third-order valence-corrected chi connectivity index (χ3v) is 3.60. The Morgan fingerprint density at radius 2 is 2.25 bits per heavy atom. The lowest BCUT2D eigenvalue weighted by molar-refractivity contribution is 0.281. The average Bonchev–Trinajstić information content (AvgIpc) is 2.47. The summed E-state index contributed by atoms with van der Waals surface area (Å²) in [6.07, 6.45) is 4.05. The van der Waals surface area contributed by atoms with Crippen LogP contribution in [0.15, 0.2) is 18.2 Å². The van der Waals surface area contributed by atoms with E-state index in [4.69, 9.17) is 5.73 Å². The van der Waals surface area contributed by atoms with Gasteiger partial charge in [0.05, 0.1) is 11.0 Å². The number of hydrogen-bond acceptors (Lipinski definition) is 2. The number of anilines is 1. The van der Waals surface area contributed by atoms with Crippen LogP contribution in [0.3, 0.4) is 0 Å². The molecular formula is C13H17N3. The zero-order chi connectivity index (χ0) is 11.1. The molecule has 0 spiro atoms. The summed E-state index contributed by atoms with van der Waals surface area (Å²) in [5, 5.41) is 0. The molecule has 0 amide bonds. The molecule has 1 aliphatic carbocycles. The Kier molecular flexibility index (Phi) is 2.13. The summed E-state index contributed by atoms with van der Waals surface area (Å²) >= 11 is 0. The number of hydrogen-bond donors (Lipinski definition) is 1. The Balaban J connectivity index is 2.04. The van der Waals surface area contributed by atoms with Crippen molar-refractivity contribution in [1.29, 1.82) is 0 Å². The van der Waals surface area contributed by atoms with Crippen molar-refractivity contribution in [2.45, 2.75) is 32.7 Å². The zero-order valence-electron chi connectivity index (χ0n) is 9.61. The van der Waals surface area contributed by atoms with Gasteiger partial charge in [-0.15, -0.1) is 0 Å².